The fraction of sp³-hybridized carbons (Fsp3) is 0.400. The standard InChI is InChI=1S/C15H18ClNO2/c1-15(2,3)14-7-10(16)9-6-12(18-4)13(19-5)8-11(9)17-14/h6-8H,1-5H3. The fourth-order valence-electron chi connectivity index (χ4n) is 1.90. The average Bonchev–Trinajstić information content (AvgIpc) is 2.36. The minimum absolute atomic E-state index is 0.0506. The Morgan fingerprint density at radius 1 is 1.00 bits per heavy atom. The molecule has 1 aromatic heterocycles. The molecule has 1 heterocycles. The summed E-state index contributed by atoms with van der Waals surface area (Å²) in [5, 5.41) is 1.54. The van der Waals surface area contributed by atoms with Crippen molar-refractivity contribution in [2.24, 2.45) is 0 Å². The second-order valence-electron chi connectivity index (χ2n) is 5.46. The van der Waals surface area contributed by atoms with E-state index in [0.29, 0.717) is 16.5 Å². The lowest BCUT2D eigenvalue weighted by Gasteiger charge is -2.19. The van der Waals surface area contributed by atoms with Gasteiger partial charge in [0.05, 0.1) is 24.8 Å². The molecule has 0 saturated heterocycles. The summed E-state index contributed by atoms with van der Waals surface area (Å²) in [4.78, 5) is 4.67. The normalized spacial score (nSPS) is 11.7. The van der Waals surface area contributed by atoms with Crippen molar-refractivity contribution in [1.82, 2.24) is 4.98 Å². The Hall–Kier alpha value is -1.48. The molecule has 0 aliphatic heterocycles. The highest BCUT2D eigenvalue weighted by molar-refractivity contribution is 6.35. The van der Waals surface area contributed by atoms with Crippen molar-refractivity contribution in [1.29, 1.82) is 0 Å². The van der Waals surface area contributed by atoms with Crippen LogP contribution in [0.4, 0.5) is 0 Å². The van der Waals surface area contributed by atoms with Gasteiger partial charge in [-0.3, -0.25) is 4.98 Å². The van der Waals surface area contributed by atoms with Crippen molar-refractivity contribution in [2.45, 2.75) is 26.2 Å². The topological polar surface area (TPSA) is 31.4 Å². The SMILES string of the molecule is COc1cc2nc(C(C)(C)C)cc(Cl)c2cc1OC. The summed E-state index contributed by atoms with van der Waals surface area (Å²) in [6.45, 7) is 6.33. The Bertz CT molecular complexity index is 618. The number of halogens is 1. The van der Waals surface area contributed by atoms with Crippen LogP contribution in [0.2, 0.25) is 5.02 Å². The predicted molar refractivity (Wildman–Crippen MR) is 78.6 cm³/mol. The third-order valence-electron chi connectivity index (χ3n) is 3.03. The molecule has 0 atom stereocenters. The number of hydrogen-bond donors (Lipinski definition) is 0. The van der Waals surface area contributed by atoms with Crippen LogP contribution in [-0.4, -0.2) is 19.2 Å². The molecule has 0 N–H and O–H groups in total. The molecule has 1 aromatic carbocycles. The largest absolute Gasteiger partial charge is 0.493 e. The summed E-state index contributed by atoms with van der Waals surface area (Å²) in [7, 11) is 3.22. The van der Waals surface area contributed by atoms with Crippen molar-refractivity contribution in [3.8, 4) is 11.5 Å². The summed E-state index contributed by atoms with van der Waals surface area (Å²) >= 11 is 6.36. The highest BCUT2D eigenvalue weighted by atomic mass is 35.5. The van der Waals surface area contributed by atoms with Crippen LogP contribution < -0.4 is 9.47 Å². The van der Waals surface area contributed by atoms with E-state index in [1.54, 1.807) is 14.2 Å². The van der Waals surface area contributed by atoms with E-state index in [1.807, 2.05) is 18.2 Å². The molecule has 2 rings (SSSR count). The first-order valence-electron chi connectivity index (χ1n) is 6.09. The van der Waals surface area contributed by atoms with Crippen molar-refractivity contribution < 1.29 is 9.47 Å². The monoisotopic (exact) mass is 279 g/mol. The lowest BCUT2D eigenvalue weighted by Crippen LogP contribution is -2.13. The van der Waals surface area contributed by atoms with Gasteiger partial charge in [0.15, 0.2) is 11.5 Å². The molecule has 0 fully saturated rings. The van der Waals surface area contributed by atoms with Gasteiger partial charge in [-0.15, -0.1) is 0 Å². The summed E-state index contributed by atoms with van der Waals surface area (Å²) in [6.07, 6.45) is 0. The molecule has 3 nitrogen and oxygen atoms in total. The average molecular weight is 280 g/mol. The number of pyridine rings is 1. The van der Waals surface area contributed by atoms with Gasteiger partial charge < -0.3 is 9.47 Å². The number of hydrogen-bond acceptors (Lipinski definition) is 3. The molecule has 0 saturated carbocycles. The Labute approximate surface area is 118 Å². The van der Waals surface area contributed by atoms with Gasteiger partial charge in [-0.05, 0) is 12.1 Å². The molecule has 0 spiro atoms. The van der Waals surface area contributed by atoms with Crippen molar-refractivity contribution in [3.05, 3.63) is 28.9 Å². The van der Waals surface area contributed by atoms with Gasteiger partial charge in [0, 0.05) is 22.6 Å². The van der Waals surface area contributed by atoms with E-state index in [-0.39, 0.29) is 5.41 Å². The zero-order valence-electron chi connectivity index (χ0n) is 11.9. The first kappa shape index (κ1) is 13.9. The molecule has 0 unspecified atom stereocenters. The Kier molecular flexibility index (Phi) is 3.59. The Morgan fingerprint density at radius 3 is 2.11 bits per heavy atom. The lowest BCUT2D eigenvalue weighted by atomic mass is 9.91. The van der Waals surface area contributed by atoms with Gasteiger partial charge in [0.25, 0.3) is 0 Å². The molecule has 19 heavy (non-hydrogen) atoms. The number of methoxy groups -OCH3 is 2. The van der Waals surface area contributed by atoms with Gasteiger partial charge in [0.2, 0.25) is 0 Å². The maximum absolute atomic E-state index is 6.36. The third kappa shape index (κ3) is 2.61. The number of rotatable bonds is 2. The van der Waals surface area contributed by atoms with E-state index < -0.39 is 0 Å². The van der Waals surface area contributed by atoms with E-state index in [0.717, 1.165) is 16.6 Å². The van der Waals surface area contributed by atoms with E-state index >= 15 is 0 Å². The molecule has 0 radical (unpaired) electrons. The van der Waals surface area contributed by atoms with Crippen molar-refractivity contribution in [3.63, 3.8) is 0 Å². The minimum Gasteiger partial charge on any atom is -0.493 e. The van der Waals surface area contributed by atoms with E-state index in [1.165, 1.54) is 0 Å². The molecule has 0 bridgehead atoms. The van der Waals surface area contributed by atoms with Crippen molar-refractivity contribution >= 4 is 22.5 Å². The quantitative estimate of drug-likeness (QED) is 0.825. The summed E-state index contributed by atoms with van der Waals surface area (Å²) in [5.41, 5.74) is 1.72. The number of fused-ring (bicyclic) bond motifs is 1. The van der Waals surface area contributed by atoms with Crippen LogP contribution in [0.25, 0.3) is 10.9 Å². The van der Waals surface area contributed by atoms with Gasteiger partial charge in [0.1, 0.15) is 0 Å². The first-order valence-corrected chi connectivity index (χ1v) is 6.47. The maximum Gasteiger partial charge on any atom is 0.162 e. The molecule has 102 valence electrons. The Morgan fingerprint density at radius 2 is 1.58 bits per heavy atom. The van der Waals surface area contributed by atoms with E-state index in [2.05, 4.69) is 25.8 Å². The number of aromatic nitrogens is 1. The van der Waals surface area contributed by atoms with Gasteiger partial charge in [-0.25, -0.2) is 0 Å². The van der Waals surface area contributed by atoms with Crippen LogP contribution in [0.5, 0.6) is 11.5 Å². The van der Waals surface area contributed by atoms with Crippen LogP contribution >= 0.6 is 11.6 Å². The second kappa shape index (κ2) is 4.89. The van der Waals surface area contributed by atoms with Gasteiger partial charge in [-0.1, -0.05) is 32.4 Å². The van der Waals surface area contributed by atoms with E-state index in [9.17, 15) is 0 Å². The number of nitrogens with zero attached hydrogens (tertiary/aromatic N) is 1. The molecule has 0 aliphatic carbocycles. The molecule has 0 aliphatic rings. The lowest BCUT2D eigenvalue weighted by molar-refractivity contribution is 0.355. The molecule has 4 heteroatoms. The third-order valence-corrected chi connectivity index (χ3v) is 3.34. The van der Waals surface area contributed by atoms with Gasteiger partial charge >= 0.3 is 0 Å². The van der Waals surface area contributed by atoms with Gasteiger partial charge in [-0.2, -0.15) is 0 Å². The van der Waals surface area contributed by atoms with Crippen LogP contribution in [0, 0.1) is 0 Å². The zero-order chi connectivity index (χ0) is 14.2. The molecule has 2 aromatic rings. The maximum atomic E-state index is 6.36. The Balaban J connectivity index is 2.74. The van der Waals surface area contributed by atoms with E-state index in [4.69, 9.17) is 21.1 Å². The second-order valence-corrected chi connectivity index (χ2v) is 5.87. The zero-order valence-corrected chi connectivity index (χ0v) is 12.6. The number of benzene rings is 1. The fourth-order valence-corrected chi connectivity index (χ4v) is 2.15. The summed E-state index contributed by atoms with van der Waals surface area (Å²) in [6, 6.07) is 5.63. The van der Waals surface area contributed by atoms with Crippen LogP contribution in [0.1, 0.15) is 26.5 Å². The molecular weight excluding hydrogens is 262 g/mol. The minimum atomic E-state index is -0.0506. The predicted octanol–water partition coefficient (Wildman–Crippen LogP) is 4.20. The molecular formula is C15H18ClNO2. The highest BCUT2D eigenvalue weighted by Gasteiger charge is 2.18. The molecule has 0 amide bonds. The number of ether oxygens (including phenoxy) is 2. The summed E-state index contributed by atoms with van der Waals surface area (Å²) in [5.74, 6) is 1.31. The first-order chi connectivity index (χ1) is 8.86. The summed E-state index contributed by atoms with van der Waals surface area (Å²) < 4.78 is 10.6. The highest BCUT2D eigenvalue weighted by Crippen LogP contribution is 2.36. The smallest absolute Gasteiger partial charge is 0.162 e. The van der Waals surface area contributed by atoms with Crippen molar-refractivity contribution in [2.75, 3.05) is 14.2 Å². The van der Waals surface area contributed by atoms with Crippen LogP contribution in [-0.2, 0) is 5.41 Å². The van der Waals surface area contributed by atoms with Crippen LogP contribution in [0.15, 0.2) is 18.2 Å². The van der Waals surface area contributed by atoms with Crippen LogP contribution in [0.3, 0.4) is 0 Å².